The number of para-hydroxylation sites is 1. The highest BCUT2D eigenvalue weighted by Gasteiger charge is 2.22. The van der Waals surface area contributed by atoms with Gasteiger partial charge in [-0.05, 0) is 62.4 Å². The number of benzene rings is 2. The summed E-state index contributed by atoms with van der Waals surface area (Å²) in [4.78, 5) is 25.4. The molecule has 0 unspecified atom stereocenters. The molecule has 9 nitrogen and oxygen atoms in total. The minimum absolute atomic E-state index is 0.0287. The Morgan fingerprint density at radius 3 is 2.35 bits per heavy atom. The van der Waals surface area contributed by atoms with Crippen LogP contribution in [0.1, 0.15) is 30.0 Å². The Hall–Kier alpha value is -3.79. The van der Waals surface area contributed by atoms with E-state index in [4.69, 9.17) is 9.15 Å². The average Bonchev–Trinajstić information content (AvgIpc) is 3.29. The van der Waals surface area contributed by atoms with Gasteiger partial charge in [-0.25, -0.2) is 8.42 Å². The summed E-state index contributed by atoms with van der Waals surface area (Å²) in [6.45, 7) is 3.49. The highest BCUT2D eigenvalue weighted by atomic mass is 32.2. The van der Waals surface area contributed by atoms with E-state index in [1.54, 1.807) is 60.7 Å². The molecule has 0 aliphatic carbocycles. The van der Waals surface area contributed by atoms with E-state index >= 15 is 0 Å². The van der Waals surface area contributed by atoms with E-state index in [9.17, 15) is 18.0 Å². The highest BCUT2D eigenvalue weighted by Crippen LogP contribution is 2.23. The highest BCUT2D eigenvalue weighted by molar-refractivity contribution is 7.92. The molecule has 3 aromatic rings. The smallest absolute Gasteiger partial charge is 0.253 e. The van der Waals surface area contributed by atoms with E-state index in [1.807, 2.05) is 13.8 Å². The van der Waals surface area contributed by atoms with Gasteiger partial charge in [0.05, 0.1) is 42.1 Å². The van der Waals surface area contributed by atoms with Crippen molar-refractivity contribution in [2.24, 2.45) is 0 Å². The molecule has 0 atom stereocenters. The van der Waals surface area contributed by atoms with E-state index in [0.29, 0.717) is 17.2 Å². The summed E-state index contributed by atoms with van der Waals surface area (Å²) >= 11 is 0. The second-order valence-electron chi connectivity index (χ2n) is 7.79. The maximum absolute atomic E-state index is 12.8. The quantitative estimate of drug-likeness (QED) is 0.454. The van der Waals surface area contributed by atoms with Gasteiger partial charge in [-0.1, -0.05) is 12.1 Å². The number of carbonyl (C=O) groups excluding carboxylic acids is 2. The standard InChI is InChI=1S/C24H27N3O6S/c1-17(2)33-19-12-10-18(11-13-19)27(34(3,30)31)16-23(28)26-22-9-5-4-8-21(22)24(29)25-15-20-7-6-14-32-20/h4-14,17H,15-16H2,1-3H3,(H,25,29)(H,26,28). The lowest BCUT2D eigenvalue weighted by atomic mass is 10.1. The van der Waals surface area contributed by atoms with Crippen molar-refractivity contribution in [3.05, 3.63) is 78.3 Å². The van der Waals surface area contributed by atoms with Crippen LogP contribution in [0.25, 0.3) is 0 Å². The predicted octanol–water partition coefficient (Wildman–Crippen LogP) is 3.40. The first-order chi connectivity index (χ1) is 16.1. The molecule has 0 spiro atoms. The van der Waals surface area contributed by atoms with E-state index in [-0.39, 0.29) is 23.9 Å². The average molecular weight is 486 g/mol. The van der Waals surface area contributed by atoms with Crippen LogP contribution >= 0.6 is 0 Å². The summed E-state index contributed by atoms with van der Waals surface area (Å²) in [5.74, 6) is 0.168. The van der Waals surface area contributed by atoms with Crippen molar-refractivity contribution in [3.8, 4) is 5.75 Å². The number of hydrogen-bond acceptors (Lipinski definition) is 6. The van der Waals surface area contributed by atoms with Crippen molar-refractivity contribution < 1.29 is 27.2 Å². The van der Waals surface area contributed by atoms with Crippen molar-refractivity contribution in [2.75, 3.05) is 22.4 Å². The Balaban J connectivity index is 1.72. The molecular weight excluding hydrogens is 458 g/mol. The van der Waals surface area contributed by atoms with Crippen LogP contribution in [-0.2, 0) is 21.4 Å². The molecule has 1 heterocycles. The van der Waals surface area contributed by atoms with Crippen LogP contribution in [0.5, 0.6) is 5.75 Å². The molecule has 10 heteroatoms. The number of hydrogen-bond donors (Lipinski definition) is 2. The zero-order valence-electron chi connectivity index (χ0n) is 19.1. The lowest BCUT2D eigenvalue weighted by molar-refractivity contribution is -0.114. The van der Waals surface area contributed by atoms with Gasteiger partial charge < -0.3 is 19.8 Å². The summed E-state index contributed by atoms with van der Waals surface area (Å²) in [7, 11) is -3.76. The summed E-state index contributed by atoms with van der Waals surface area (Å²) in [5.41, 5.74) is 0.820. The molecule has 0 saturated heterocycles. The van der Waals surface area contributed by atoms with E-state index < -0.39 is 28.4 Å². The van der Waals surface area contributed by atoms with Crippen molar-refractivity contribution >= 4 is 33.2 Å². The summed E-state index contributed by atoms with van der Waals surface area (Å²) in [6, 6.07) is 16.3. The van der Waals surface area contributed by atoms with Crippen molar-refractivity contribution in [1.82, 2.24) is 5.32 Å². The Kier molecular flexibility index (Phi) is 7.95. The SMILES string of the molecule is CC(C)Oc1ccc(N(CC(=O)Nc2ccccc2C(=O)NCc2ccco2)S(C)(=O)=O)cc1. The monoisotopic (exact) mass is 485 g/mol. The van der Waals surface area contributed by atoms with Gasteiger partial charge in [0.25, 0.3) is 5.91 Å². The lowest BCUT2D eigenvalue weighted by Crippen LogP contribution is -2.37. The molecule has 2 N–H and O–H groups in total. The lowest BCUT2D eigenvalue weighted by Gasteiger charge is -2.22. The van der Waals surface area contributed by atoms with Crippen LogP contribution in [0, 0.1) is 0 Å². The van der Waals surface area contributed by atoms with Gasteiger partial charge in [0.2, 0.25) is 15.9 Å². The number of anilines is 2. The number of rotatable bonds is 10. The fraction of sp³-hybridized carbons (Fsp3) is 0.250. The zero-order chi connectivity index (χ0) is 24.7. The van der Waals surface area contributed by atoms with E-state index in [1.165, 1.54) is 6.26 Å². The van der Waals surface area contributed by atoms with Crippen molar-refractivity contribution in [2.45, 2.75) is 26.5 Å². The Morgan fingerprint density at radius 1 is 1.03 bits per heavy atom. The van der Waals surface area contributed by atoms with Crippen LogP contribution in [0.2, 0.25) is 0 Å². The van der Waals surface area contributed by atoms with E-state index in [2.05, 4.69) is 10.6 Å². The first kappa shape index (κ1) is 24.8. The molecule has 34 heavy (non-hydrogen) atoms. The van der Waals surface area contributed by atoms with Gasteiger partial charge >= 0.3 is 0 Å². The number of ether oxygens (including phenoxy) is 1. The molecular formula is C24H27N3O6S. The number of amides is 2. The maximum atomic E-state index is 12.8. The largest absolute Gasteiger partial charge is 0.491 e. The number of nitrogens with one attached hydrogen (secondary N) is 2. The Labute approximate surface area is 198 Å². The molecule has 0 fully saturated rings. The molecule has 0 aliphatic rings. The first-order valence-corrected chi connectivity index (χ1v) is 12.4. The van der Waals surface area contributed by atoms with Gasteiger partial charge in [-0.3, -0.25) is 13.9 Å². The normalized spacial score (nSPS) is 11.2. The van der Waals surface area contributed by atoms with Crippen LogP contribution in [0.4, 0.5) is 11.4 Å². The topological polar surface area (TPSA) is 118 Å². The molecule has 0 radical (unpaired) electrons. The minimum atomic E-state index is -3.76. The first-order valence-electron chi connectivity index (χ1n) is 10.6. The molecule has 1 aromatic heterocycles. The third-order valence-corrected chi connectivity index (χ3v) is 5.77. The number of nitrogens with zero attached hydrogens (tertiary/aromatic N) is 1. The van der Waals surface area contributed by atoms with Gasteiger partial charge in [-0.2, -0.15) is 0 Å². The zero-order valence-corrected chi connectivity index (χ0v) is 20.0. The fourth-order valence-corrected chi connectivity index (χ4v) is 4.01. The summed E-state index contributed by atoms with van der Waals surface area (Å²) in [5, 5.41) is 5.36. The van der Waals surface area contributed by atoms with Crippen LogP contribution in [0.15, 0.2) is 71.3 Å². The fourth-order valence-electron chi connectivity index (χ4n) is 3.15. The molecule has 0 saturated carbocycles. The van der Waals surface area contributed by atoms with Crippen LogP contribution < -0.4 is 19.7 Å². The summed E-state index contributed by atoms with van der Waals surface area (Å²) < 4.78 is 36.6. The number of sulfonamides is 1. The van der Waals surface area contributed by atoms with Gasteiger partial charge in [-0.15, -0.1) is 0 Å². The van der Waals surface area contributed by atoms with Crippen molar-refractivity contribution in [3.63, 3.8) is 0 Å². The Bertz CT molecular complexity index is 1220. The third-order valence-electron chi connectivity index (χ3n) is 4.63. The molecule has 180 valence electrons. The van der Waals surface area contributed by atoms with Crippen LogP contribution in [0.3, 0.4) is 0 Å². The second-order valence-corrected chi connectivity index (χ2v) is 9.69. The van der Waals surface area contributed by atoms with E-state index in [0.717, 1.165) is 10.6 Å². The Morgan fingerprint density at radius 2 is 1.74 bits per heavy atom. The molecule has 0 bridgehead atoms. The maximum Gasteiger partial charge on any atom is 0.253 e. The number of furan rings is 1. The molecule has 2 amide bonds. The van der Waals surface area contributed by atoms with Gasteiger partial charge in [0.15, 0.2) is 0 Å². The molecule has 2 aromatic carbocycles. The molecule has 3 rings (SSSR count). The van der Waals surface area contributed by atoms with Gasteiger partial charge in [0, 0.05) is 0 Å². The minimum Gasteiger partial charge on any atom is -0.491 e. The van der Waals surface area contributed by atoms with Crippen LogP contribution in [-0.4, -0.2) is 39.1 Å². The second kappa shape index (κ2) is 10.9. The van der Waals surface area contributed by atoms with Crippen molar-refractivity contribution in [1.29, 1.82) is 0 Å². The predicted molar refractivity (Wildman–Crippen MR) is 129 cm³/mol. The summed E-state index contributed by atoms with van der Waals surface area (Å²) in [6.07, 6.45) is 2.50. The number of carbonyl (C=O) groups is 2. The third kappa shape index (κ3) is 6.85. The molecule has 0 aliphatic heterocycles. The van der Waals surface area contributed by atoms with Gasteiger partial charge in [0.1, 0.15) is 18.1 Å².